The maximum atomic E-state index is 10.2. The maximum absolute atomic E-state index is 10.2. The molecule has 1 heterocycles. The highest BCUT2D eigenvalue weighted by Crippen LogP contribution is 2.35. The van der Waals surface area contributed by atoms with Crippen molar-refractivity contribution in [1.29, 1.82) is 0 Å². The quantitative estimate of drug-likeness (QED) is 0.622. The van der Waals surface area contributed by atoms with Gasteiger partial charge in [-0.2, -0.15) is 0 Å². The Balaban J connectivity index is 2.70. The first-order valence-corrected chi connectivity index (χ1v) is 5.21. The zero-order chi connectivity index (χ0) is 11.3. The molecule has 1 atom stereocenters. The number of hydrogen-bond acceptors (Lipinski definition) is 5. The summed E-state index contributed by atoms with van der Waals surface area (Å²) in [5.41, 5.74) is 5.42. The van der Waals surface area contributed by atoms with E-state index in [0.717, 1.165) is 12.8 Å². The summed E-state index contributed by atoms with van der Waals surface area (Å²) in [4.78, 5) is 0. The molecule has 0 aromatic carbocycles. The average molecular weight is 219 g/mol. The van der Waals surface area contributed by atoms with Crippen LogP contribution in [-0.4, -0.2) is 51.5 Å². The van der Waals surface area contributed by atoms with Crippen LogP contribution in [0.25, 0.3) is 0 Å². The molecule has 1 rings (SSSR count). The van der Waals surface area contributed by atoms with Gasteiger partial charge >= 0.3 is 0 Å². The van der Waals surface area contributed by atoms with Crippen molar-refractivity contribution in [2.75, 3.05) is 34.0 Å². The zero-order valence-electron chi connectivity index (χ0n) is 9.44. The number of ether oxygens (including phenoxy) is 3. The third-order valence-corrected chi connectivity index (χ3v) is 3.24. The SMILES string of the molecule is COC(OC)C(O)C1(CN)CCOCC1. The minimum atomic E-state index is -0.707. The Kier molecular flexibility index (Phi) is 4.95. The van der Waals surface area contributed by atoms with Crippen LogP contribution in [0.3, 0.4) is 0 Å². The van der Waals surface area contributed by atoms with Gasteiger partial charge in [-0.1, -0.05) is 0 Å². The minimum absolute atomic E-state index is 0.338. The molecule has 0 spiro atoms. The summed E-state index contributed by atoms with van der Waals surface area (Å²) in [6, 6.07) is 0. The molecular formula is C10H21NO4. The lowest BCUT2D eigenvalue weighted by atomic mass is 9.75. The molecule has 5 heteroatoms. The Bertz CT molecular complexity index is 178. The predicted molar refractivity (Wildman–Crippen MR) is 55.4 cm³/mol. The van der Waals surface area contributed by atoms with E-state index in [2.05, 4.69) is 0 Å². The van der Waals surface area contributed by atoms with E-state index in [1.165, 1.54) is 14.2 Å². The van der Waals surface area contributed by atoms with Gasteiger partial charge in [0.2, 0.25) is 0 Å². The van der Waals surface area contributed by atoms with Gasteiger partial charge in [0.05, 0.1) is 0 Å². The normalized spacial score (nSPS) is 23.0. The molecule has 15 heavy (non-hydrogen) atoms. The average Bonchev–Trinajstić information content (AvgIpc) is 2.31. The second-order valence-electron chi connectivity index (χ2n) is 3.96. The molecule has 1 aliphatic heterocycles. The van der Waals surface area contributed by atoms with Crippen LogP contribution >= 0.6 is 0 Å². The standard InChI is InChI=1S/C10H21NO4/c1-13-9(14-2)8(12)10(7-11)3-5-15-6-4-10/h8-9,12H,3-7,11H2,1-2H3. The first kappa shape index (κ1) is 12.9. The molecule has 1 aliphatic rings. The van der Waals surface area contributed by atoms with Gasteiger partial charge in [0.15, 0.2) is 6.29 Å². The Morgan fingerprint density at radius 1 is 1.33 bits per heavy atom. The van der Waals surface area contributed by atoms with E-state index in [1.807, 2.05) is 0 Å². The lowest BCUT2D eigenvalue weighted by molar-refractivity contribution is -0.208. The van der Waals surface area contributed by atoms with Gasteiger partial charge in [0.25, 0.3) is 0 Å². The van der Waals surface area contributed by atoms with Gasteiger partial charge in [0, 0.05) is 39.4 Å². The minimum Gasteiger partial charge on any atom is -0.387 e. The molecule has 90 valence electrons. The molecule has 0 aromatic rings. The second-order valence-corrected chi connectivity index (χ2v) is 3.96. The molecule has 0 aromatic heterocycles. The fourth-order valence-corrected chi connectivity index (χ4v) is 2.04. The van der Waals surface area contributed by atoms with E-state index in [1.54, 1.807) is 0 Å². The van der Waals surface area contributed by atoms with Gasteiger partial charge < -0.3 is 25.1 Å². The highest BCUT2D eigenvalue weighted by atomic mass is 16.7. The van der Waals surface area contributed by atoms with Crippen LogP contribution in [0.15, 0.2) is 0 Å². The van der Waals surface area contributed by atoms with Crippen LogP contribution in [0.1, 0.15) is 12.8 Å². The Labute approximate surface area is 90.5 Å². The van der Waals surface area contributed by atoms with Crippen LogP contribution in [-0.2, 0) is 14.2 Å². The zero-order valence-corrected chi connectivity index (χ0v) is 9.44. The van der Waals surface area contributed by atoms with Crippen LogP contribution in [0.5, 0.6) is 0 Å². The summed E-state index contributed by atoms with van der Waals surface area (Å²) < 4.78 is 15.4. The monoisotopic (exact) mass is 219 g/mol. The van der Waals surface area contributed by atoms with Crippen molar-refractivity contribution < 1.29 is 19.3 Å². The van der Waals surface area contributed by atoms with E-state index in [0.29, 0.717) is 19.8 Å². The molecule has 3 N–H and O–H groups in total. The van der Waals surface area contributed by atoms with E-state index >= 15 is 0 Å². The molecule has 1 unspecified atom stereocenters. The summed E-state index contributed by atoms with van der Waals surface area (Å²) in [7, 11) is 3.03. The summed E-state index contributed by atoms with van der Waals surface area (Å²) in [6.45, 7) is 1.68. The predicted octanol–water partition coefficient (Wildman–Crippen LogP) is -0.278. The fourth-order valence-electron chi connectivity index (χ4n) is 2.04. The van der Waals surface area contributed by atoms with Gasteiger partial charge in [0.1, 0.15) is 6.10 Å². The third-order valence-electron chi connectivity index (χ3n) is 3.24. The van der Waals surface area contributed by atoms with Crippen molar-refractivity contribution in [1.82, 2.24) is 0 Å². The van der Waals surface area contributed by atoms with E-state index in [4.69, 9.17) is 19.9 Å². The Morgan fingerprint density at radius 2 is 1.87 bits per heavy atom. The number of hydrogen-bond donors (Lipinski definition) is 2. The van der Waals surface area contributed by atoms with Crippen molar-refractivity contribution in [3.8, 4) is 0 Å². The Morgan fingerprint density at radius 3 is 2.27 bits per heavy atom. The maximum Gasteiger partial charge on any atom is 0.183 e. The van der Waals surface area contributed by atoms with Crippen LogP contribution in [0, 0.1) is 5.41 Å². The van der Waals surface area contributed by atoms with Crippen molar-refractivity contribution in [2.24, 2.45) is 11.1 Å². The van der Waals surface area contributed by atoms with Crippen molar-refractivity contribution >= 4 is 0 Å². The largest absolute Gasteiger partial charge is 0.387 e. The second kappa shape index (κ2) is 5.77. The molecule has 0 amide bonds. The molecule has 0 aliphatic carbocycles. The third kappa shape index (κ3) is 2.68. The molecule has 1 saturated heterocycles. The summed E-state index contributed by atoms with van der Waals surface area (Å²) in [6.07, 6.45) is 0.162. The van der Waals surface area contributed by atoms with Gasteiger partial charge in [-0.05, 0) is 12.8 Å². The molecule has 5 nitrogen and oxygen atoms in total. The number of methoxy groups -OCH3 is 2. The van der Waals surface area contributed by atoms with Gasteiger partial charge in [-0.25, -0.2) is 0 Å². The summed E-state index contributed by atoms with van der Waals surface area (Å²) in [5.74, 6) is 0. The number of aliphatic hydroxyl groups is 1. The smallest absolute Gasteiger partial charge is 0.183 e. The van der Waals surface area contributed by atoms with Crippen LogP contribution in [0.2, 0.25) is 0 Å². The van der Waals surface area contributed by atoms with E-state index in [-0.39, 0.29) is 5.41 Å². The first-order chi connectivity index (χ1) is 7.20. The fraction of sp³-hybridized carbons (Fsp3) is 1.00. The molecular weight excluding hydrogens is 198 g/mol. The van der Waals surface area contributed by atoms with Crippen LogP contribution < -0.4 is 5.73 Å². The first-order valence-electron chi connectivity index (χ1n) is 5.21. The topological polar surface area (TPSA) is 73.9 Å². The lowest BCUT2D eigenvalue weighted by Crippen LogP contribution is -2.52. The van der Waals surface area contributed by atoms with E-state index < -0.39 is 12.4 Å². The number of aliphatic hydroxyl groups excluding tert-OH is 1. The number of nitrogens with two attached hydrogens (primary N) is 1. The Hall–Kier alpha value is -0.200. The number of rotatable bonds is 5. The van der Waals surface area contributed by atoms with Crippen molar-refractivity contribution in [3.63, 3.8) is 0 Å². The molecule has 0 saturated carbocycles. The molecule has 0 bridgehead atoms. The van der Waals surface area contributed by atoms with Gasteiger partial charge in [-0.15, -0.1) is 0 Å². The van der Waals surface area contributed by atoms with Crippen molar-refractivity contribution in [2.45, 2.75) is 25.2 Å². The van der Waals surface area contributed by atoms with Crippen molar-refractivity contribution in [3.05, 3.63) is 0 Å². The summed E-state index contributed by atoms with van der Waals surface area (Å²) >= 11 is 0. The van der Waals surface area contributed by atoms with Gasteiger partial charge in [-0.3, -0.25) is 0 Å². The molecule has 1 fully saturated rings. The lowest BCUT2D eigenvalue weighted by Gasteiger charge is -2.42. The van der Waals surface area contributed by atoms with E-state index in [9.17, 15) is 5.11 Å². The summed E-state index contributed by atoms with van der Waals surface area (Å²) in [5, 5.41) is 10.2. The van der Waals surface area contributed by atoms with Crippen LogP contribution in [0.4, 0.5) is 0 Å². The molecule has 0 radical (unpaired) electrons. The highest BCUT2D eigenvalue weighted by molar-refractivity contribution is 4.91. The highest BCUT2D eigenvalue weighted by Gasteiger charge is 2.42.